The van der Waals surface area contributed by atoms with Crippen molar-refractivity contribution in [2.24, 2.45) is 23.1 Å². The molecule has 2 aromatic carbocycles. The van der Waals surface area contributed by atoms with Crippen LogP contribution >= 0.6 is 21.6 Å². The molecule has 2 heterocycles. The van der Waals surface area contributed by atoms with E-state index >= 15 is 0 Å². The molecular weight excluding hydrogens is 841 g/mol. The second-order valence-corrected chi connectivity index (χ2v) is 18.1. The van der Waals surface area contributed by atoms with Crippen LogP contribution in [0.1, 0.15) is 51.2 Å². The second kappa shape index (κ2) is 23.8. The molecule has 0 bridgehead atoms. The van der Waals surface area contributed by atoms with E-state index in [1.54, 1.807) is 32.2 Å². The molecule has 338 valence electrons. The number of H-pyrrole nitrogens is 1. The summed E-state index contributed by atoms with van der Waals surface area (Å²) in [6.07, 6.45) is 1.30. The Balaban J connectivity index is 1.75. The van der Waals surface area contributed by atoms with Gasteiger partial charge in [0.2, 0.25) is 41.4 Å². The number of aliphatic hydroxyl groups is 1. The van der Waals surface area contributed by atoms with Crippen LogP contribution in [0.4, 0.5) is 0 Å². The van der Waals surface area contributed by atoms with E-state index in [1.165, 1.54) is 19.1 Å². The van der Waals surface area contributed by atoms with Gasteiger partial charge in [0.1, 0.15) is 42.0 Å². The Hall–Kier alpha value is -5.35. The van der Waals surface area contributed by atoms with Gasteiger partial charge in [-0.3, -0.25) is 33.6 Å². The number of unbranched alkanes of at least 4 members (excludes halogenated alkanes) is 1. The molecule has 4 rings (SSSR count). The number of amides is 7. The molecule has 1 saturated heterocycles. The highest BCUT2D eigenvalue weighted by molar-refractivity contribution is 8.76. The summed E-state index contributed by atoms with van der Waals surface area (Å²) >= 11 is 0. The fourth-order valence-corrected chi connectivity index (χ4v) is 8.91. The lowest BCUT2D eigenvalue weighted by Gasteiger charge is -2.29. The van der Waals surface area contributed by atoms with Gasteiger partial charge in [0.25, 0.3) is 0 Å². The minimum atomic E-state index is -1.49. The van der Waals surface area contributed by atoms with Gasteiger partial charge >= 0.3 is 0 Å². The Kier molecular flexibility index (Phi) is 18.9. The first-order valence-electron chi connectivity index (χ1n) is 20.3. The van der Waals surface area contributed by atoms with Crippen molar-refractivity contribution < 1.29 is 43.8 Å². The van der Waals surface area contributed by atoms with Crippen LogP contribution < -0.4 is 49.1 Å². The van der Waals surface area contributed by atoms with Gasteiger partial charge in [0.05, 0.1) is 12.1 Å². The summed E-state index contributed by atoms with van der Waals surface area (Å²) in [7, 11) is 2.16. The van der Waals surface area contributed by atoms with E-state index in [1.807, 2.05) is 24.3 Å². The molecule has 1 aliphatic rings. The Labute approximate surface area is 367 Å². The molecule has 7 amide bonds. The summed E-state index contributed by atoms with van der Waals surface area (Å²) < 4.78 is 0. The zero-order chi connectivity index (χ0) is 45.5. The molecule has 0 unspecified atom stereocenters. The van der Waals surface area contributed by atoms with E-state index in [0.717, 1.165) is 32.5 Å². The molecule has 8 atom stereocenters. The first-order valence-corrected chi connectivity index (χ1v) is 22.8. The van der Waals surface area contributed by atoms with Crippen LogP contribution in [-0.2, 0) is 46.4 Å². The summed E-state index contributed by atoms with van der Waals surface area (Å²) in [4.78, 5) is 99.2. The van der Waals surface area contributed by atoms with Crippen molar-refractivity contribution in [2.45, 2.75) is 101 Å². The fraction of sp³-hybridized carbons (Fsp3) is 0.488. The van der Waals surface area contributed by atoms with Crippen molar-refractivity contribution in [2.75, 3.05) is 18.1 Å². The van der Waals surface area contributed by atoms with Gasteiger partial charge < -0.3 is 64.3 Å². The lowest BCUT2D eigenvalue weighted by Crippen LogP contribution is -2.61. The van der Waals surface area contributed by atoms with E-state index in [4.69, 9.17) is 17.2 Å². The van der Waals surface area contributed by atoms with Crippen LogP contribution in [0.2, 0.25) is 0 Å². The van der Waals surface area contributed by atoms with Gasteiger partial charge in [0, 0.05) is 41.4 Å². The molecule has 1 aromatic heterocycles. The monoisotopic (exact) mass is 898 g/mol. The number of rotatable bonds is 13. The number of para-hydroxylation sites is 1. The number of primary amides is 1. The van der Waals surface area contributed by atoms with Crippen molar-refractivity contribution in [1.82, 2.24) is 36.9 Å². The Morgan fingerprint density at radius 1 is 0.790 bits per heavy atom. The maximum atomic E-state index is 14.4. The van der Waals surface area contributed by atoms with Crippen molar-refractivity contribution in [3.63, 3.8) is 0 Å². The average molecular weight is 899 g/mol. The van der Waals surface area contributed by atoms with Crippen LogP contribution in [-0.4, -0.2) is 123 Å². The molecule has 1 aliphatic heterocycles. The molecule has 21 heteroatoms. The fourth-order valence-electron chi connectivity index (χ4n) is 6.62. The van der Waals surface area contributed by atoms with Gasteiger partial charge in [-0.2, -0.15) is 0 Å². The quantitative estimate of drug-likeness (QED) is 0.0720. The lowest BCUT2D eigenvalue weighted by atomic mass is 10.00. The number of hydrogen-bond donors (Lipinski definition) is 12. The van der Waals surface area contributed by atoms with Crippen molar-refractivity contribution in [3.8, 4) is 5.75 Å². The van der Waals surface area contributed by atoms with Crippen LogP contribution in [0.25, 0.3) is 10.9 Å². The molecular formula is C41H58N10O9S2. The van der Waals surface area contributed by atoms with Crippen molar-refractivity contribution in [1.29, 1.82) is 0 Å². The smallest absolute Gasteiger partial charge is 0.244 e. The van der Waals surface area contributed by atoms with E-state index < -0.39 is 95.7 Å². The minimum absolute atomic E-state index is 0.00911. The number of fused-ring (bicyclic) bond motifs is 1. The number of carbonyl (C=O) groups is 7. The number of aliphatic hydroxyl groups excluding tert-OH is 1. The van der Waals surface area contributed by atoms with Crippen LogP contribution in [0, 0.1) is 5.92 Å². The van der Waals surface area contributed by atoms with Gasteiger partial charge in [-0.1, -0.05) is 65.8 Å². The first kappa shape index (κ1) is 49.3. The summed E-state index contributed by atoms with van der Waals surface area (Å²) in [6, 6.07) is 4.44. The van der Waals surface area contributed by atoms with Crippen LogP contribution in [0.5, 0.6) is 5.75 Å². The highest BCUT2D eigenvalue weighted by atomic mass is 33.1. The van der Waals surface area contributed by atoms with E-state index in [9.17, 15) is 43.8 Å². The lowest BCUT2D eigenvalue weighted by molar-refractivity contribution is -0.136. The Bertz CT molecular complexity index is 2030. The normalized spacial score (nSPS) is 23.6. The Morgan fingerprint density at radius 2 is 1.40 bits per heavy atom. The third-order valence-electron chi connectivity index (χ3n) is 10.2. The number of carbonyl (C=O) groups excluding carboxylic acids is 7. The van der Waals surface area contributed by atoms with Crippen LogP contribution in [0.3, 0.4) is 0 Å². The number of aromatic hydroxyl groups is 1. The predicted molar refractivity (Wildman–Crippen MR) is 237 cm³/mol. The highest BCUT2D eigenvalue weighted by Crippen LogP contribution is 2.24. The number of benzene rings is 2. The van der Waals surface area contributed by atoms with Gasteiger partial charge in [0.15, 0.2) is 0 Å². The maximum Gasteiger partial charge on any atom is 0.244 e. The number of phenols is 1. The second-order valence-electron chi connectivity index (χ2n) is 15.5. The third kappa shape index (κ3) is 14.4. The third-order valence-corrected chi connectivity index (χ3v) is 12.6. The summed E-state index contributed by atoms with van der Waals surface area (Å²) in [5.74, 6) is -6.18. The van der Waals surface area contributed by atoms with Crippen molar-refractivity contribution >= 4 is 73.8 Å². The molecule has 0 spiro atoms. The van der Waals surface area contributed by atoms with Gasteiger partial charge in [-0.05, 0) is 68.0 Å². The maximum absolute atomic E-state index is 14.4. The SMILES string of the molecule is CC(C)[C@@H]1NC(=O)[C@H](CCCCN)NC(=O)[C@@H](Cc2c[nH]c3ccccc23)NC(=O)[C@H](Cc2ccc(O)cc2)NC(=O)[C@@H](N)CSSC[C@@H](C(=O)N[C@H](C(N)=O)[C@@H](C)O)NC1=O. The topological polar surface area (TPSA) is 326 Å². The predicted octanol–water partition coefficient (Wildman–Crippen LogP) is -1.06. The minimum Gasteiger partial charge on any atom is -0.508 e. The van der Waals surface area contributed by atoms with E-state index in [2.05, 4.69) is 36.9 Å². The zero-order valence-electron chi connectivity index (χ0n) is 34.8. The number of nitrogens with one attached hydrogen (secondary N) is 7. The Morgan fingerprint density at radius 3 is 2.05 bits per heavy atom. The van der Waals surface area contributed by atoms with Crippen LogP contribution in [0.15, 0.2) is 54.7 Å². The van der Waals surface area contributed by atoms with E-state index in [0.29, 0.717) is 30.5 Å². The number of aromatic amines is 1. The largest absolute Gasteiger partial charge is 0.508 e. The molecule has 3 aromatic rings. The molecule has 15 N–H and O–H groups in total. The molecule has 0 saturated carbocycles. The highest BCUT2D eigenvalue weighted by Gasteiger charge is 2.35. The van der Waals surface area contributed by atoms with Crippen molar-refractivity contribution in [3.05, 3.63) is 65.9 Å². The first-order chi connectivity index (χ1) is 29.5. The summed E-state index contributed by atoms with van der Waals surface area (Å²) in [6.45, 7) is 4.92. The average Bonchev–Trinajstić information content (AvgIpc) is 3.64. The van der Waals surface area contributed by atoms with E-state index in [-0.39, 0.29) is 36.5 Å². The standard InChI is InChI=1S/C41H58N10O9S2/c1-21(2)33-41(60)49-32(40(59)51-34(22(3)52)35(44)54)20-62-61-19-27(43)36(55)47-30(16-23-11-13-25(53)14-12-23)38(57)48-31(17-24-18-45-28-9-5-4-8-26(24)28)39(58)46-29(37(56)50-33)10-6-7-15-42/h4-5,8-9,11-14,18,21-22,27,29-34,45,52-53H,6-7,10,15-17,19-20,42-43H2,1-3H3,(H2,44,54)(H,46,58)(H,47,55)(H,48,57)(H,49,60)(H,50,56)(H,51,59)/t22-,27+,29+,30+,31-,32+,33+,34+/m1/s1. The summed E-state index contributed by atoms with van der Waals surface area (Å²) in [5.41, 5.74) is 19.5. The number of hydrogen-bond acceptors (Lipinski definition) is 13. The van der Waals surface area contributed by atoms with Gasteiger partial charge in [-0.25, -0.2) is 0 Å². The van der Waals surface area contributed by atoms with Gasteiger partial charge in [-0.15, -0.1) is 0 Å². The molecule has 19 nitrogen and oxygen atoms in total. The zero-order valence-corrected chi connectivity index (χ0v) is 36.5. The summed E-state index contributed by atoms with van der Waals surface area (Å²) in [5, 5.41) is 36.8. The number of phenolic OH excluding ortho intramolecular Hbond substituents is 1. The molecule has 1 fully saturated rings. The number of nitrogens with two attached hydrogens (primary N) is 3. The molecule has 62 heavy (non-hydrogen) atoms. The molecule has 0 radical (unpaired) electrons. The molecule has 0 aliphatic carbocycles. The number of aromatic nitrogens is 1.